The molecule has 2 aliphatic heterocycles. The lowest BCUT2D eigenvalue weighted by atomic mass is 9.74. The Morgan fingerprint density at radius 2 is 2.06 bits per heavy atom. The van der Waals surface area contributed by atoms with E-state index in [0.717, 1.165) is 19.5 Å². The molecule has 2 aliphatic rings. The minimum absolute atomic E-state index is 0.146. The maximum Gasteiger partial charge on any atom is 0.242 e. The molecule has 2 heterocycles. The summed E-state index contributed by atoms with van der Waals surface area (Å²) in [7, 11) is 0. The molecule has 4 heteroatoms. The Hall–Kier alpha value is -1.39. The number of rotatable bonds is 1. The molecular formula is C13H17N3O. The van der Waals surface area contributed by atoms with Crippen molar-refractivity contribution in [1.29, 1.82) is 0 Å². The molecule has 2 fully saturated rings. The van der Waals surface area contributed by atoms with Gasteiger partial charge < -0.3 is 10.6 Å². The molecule has 90 valence electrons. The van der Waals surface area contributed by atoms with Crippen LogP contribution in [0.15, 0.2) is 30.3 Å². The fraction of sp³-hybridized carbons (Fsp3) is 0.462. The second-order valence-corrected chi connectivity index (χ2v) is 4.75. The Balaban J connectivity index is 1.98. The molecule has 1 amide bonds. The number of amides is 1. The number of carbonyl (C=O) groups is 1. The van der Waals surface area contributed by atoms with E-state index in [1.54, 1.807) is 0 Å². The first-order chi connectivity index (χ1) is 8.33. The van der Waals surface area contributed by atoms with E-state index in [4.69, 9.17) is 0 Å². The molecule has 2 atom stereocenters. The highest BCUT2D eigenvalue weighted by Gasteiger charge is 2.50. The van der Waals surface area contributed by atoms with Gasteiger partial charge in [-0.2, -0.15) is 0 Å². The maximum atomic E-state index is 12.1. The quantitative estimate of drug-likeness (QED) is 0.646. The van der Waals surface area contributed by atoms with Crippen LogP contribution in [0.2, 0.25) is 0 Å². The third-order valence-corrected chi connectivity index (χ3v) is 3.90. The summed E-state index contributed by atoms with van der Waals surface area (Å²) >= 11 is 0. The molecule has 2 saturated heterocycles. The van der Waals surface area contributed by atoms with Gasteiger partial charge in [0, 0.05) is 12.5 Å². The van der Waals surface area contributed by atoms with Crippen molar-refractivity contribution < 1.29 is 4.79 Å². The molecule has 3 N–H and O–H groups in total. The fourth-order valence-corrected chi connectivity index (χ4v) is 2.97. The van der Waals surface area contributed by atoms with Crippen LogP contribution in [0.5, 0.6) is 0 Å². The second-order valence-electron chi connectivity index (χ2n) is 4.75. The average Bonchev–Trinajstić information content (AvgIpc) is 2.73. The van der Waals surface area contributed by atoms with Crippen molar-refractivity contribution in [2.75, 3.05) is 19.8 Å². The summed E-state index contributed by atoms with van der Waals surface area (Å²) in [4.78, 5) is 12.1. The molecule has 1 aromatic carbocycles. The van der Waals surface area contributed by atoms with E-state index in [9.17, 15) is 4.79 Å². The highest BCUT2D eigenvalue weighted by Crippen LogP contribution is 2.34. The molecule has 2 unspecified atom stereocenters. The lowest BCUT2D eigenvalue weighted by Gasteiger charge is -2.39. The van der Waals surface area contributed by atoms with Crippen LogP contribution in [0.25, 0.3) is 0 Å². The molecule has 3 rings (SSSR count). The van der Waals surface area contributed by atoms with E-state index in [-0.39, 0.29) is 11.8 Å². The van der Waals surface area contributed by atoms with Gasteiger partial charge in [0.25, 0.3) is 0 Å². The molecule has 17 heavy (non-hydrogen) atoms. The van der Waals surface area contributed by atoms with E-state index in [1.165, 1.54) is 5.56 Å². The number of hydrogen-bond acceptors (Lipinski definition) is 3. The topological polar surface area (TPSA) is 53.2 Å². The van der Waals surface area contributed by atoms with Gasteiger partial charge in [0.2, 0.25) is 5.91 Å². The average molecular weight is 231 g/mol. The van der Waals surface area contributed by atoms with E-state index in [0.29, 0.717) is 6.67 Å². The van der Waals surface area contributed by atoms with Crippen LogP contribution in [0.4, 0.5) is 0 Å². The zero-order chi connectivity index (χ0) is 11.7. The monoisotopic (exact) mass is 231 g/mol. The molecule has 0 aromatic heterocycles. The first-order valence-electron chi connectivity index (χ1n) is 6.12. The lowest BCUT2D eigenvalue weighted by molar-refractivity contribution is -0.125. The normalized spacial score (nSPS) is 32.7. The minimum Gasteiger partial charge on any atom is -0.342 e. The van der Waals surface area contributed by atoms with Crippen LogP contribution in [0.3, 0.4) is 0 Å². The van der Waals surface area contributed by atoms with Gasteiger partial charge in [0.1, 0.15) is 5.54 Å². The predicted octanol–water partition coefficient (Wildman–Crippen LogP) is 0.179. The summed E-state index contributed by atoms with van der Waals surface area (Å²) in [6.45, 7) is 2.33. The molecule has 1 spiro atoms. The van der Waals surface area contributed by atoms with Crippen LogP contribution >= 0.6 is 0 Å². The number of carbonyl (C=O) groups excluding carboxylic acids is 1. The van der Waals surface area contributed by atoms with Crippen LogP contribution in [-0.2, 0) is 4.79 Å². The SMILES string of the molecule is O=C1NCNC12CCNCC2c1ccccc1. The molecule has 0 saturated carbocycles. The van der Waals surface area contributed by atoms with E-state index < -0.39 is 5.54 Å². The number of benzene rings is 1. The van der Waals surface area contributed by atoms with Crippen molar-refractivity contribution in [3.8, 4) is 0 Å². The van der Waals surface area contributed by atoms with Gasteiger partial charge in [-0.05, 0) is 18.5 Å². The van der Waals surface area contributed by atoms with E-state index in [1.807, 2.05) is 18.2 Å². The molecule has 0 radical (unpaired) electrons. The fourth-order valence-electron chi connectivity index (χ4n) is 2.97. The first kappa shape index (κ1) is 10.7. The summed E-state index contributed by atoms with van der Waals surface area (Å²) in [6.07, 6.45) is 0.846. The van der Waals surface area contributed by atoms with Crippen molar-refractivity contribution in [3.63, 3.8) is 0 Å². The van der Waals surface area contributed by atoms with E-state index in [2.05, 4.69) is 28.1 Å². The lowest BCUT2D eigenvalue weighted by Crippen LogP contribution is -2.58. The van der Waals surface area contributed by atoms with Gasteiger partial charge in [-0.25, -0.2) is 0 Å². The molecule has 0 aliphatic carbocycles. The van der Waals surface area contributed by atoms with Crippen molar-refractivity contribution in [2.45, 2.75) is 17.9 Å². The number of hydrogen-bond donors (Lipinski definition) is 3. The molecule has 0 bridgehead atoms. The molecule has 4 nitrogen and oxygen atoms in total. The Bertz CT molecular complexity index is 420. The number of piperidine rings is 1. The third-order valence-electron chi connectivity index (χ3n) is 3.90. The van der Waals surface area contributed by atoms with Crippen LogP contribution < -0.4 is 16.0 Å². The summed E-state index contributed by atoms with van der Waals surface area (Å²) in [6, 6.07) is 10.3. The van der Waals surface area contributed by atoms with Crippen molar-refractivity contribution in [2.24, 2.45) is 0 Å². The summed E-state index contributed by atoms with van der Waals surface area (Å²) in [5.74, 6) is 0.354. The van der Waals surface area contributed by atoms with Crippen LogP contribution in [0.1, 0.15) is 17.9 Å². The van der Waals surface area contributed by atoms with Gasteiger partial charge in [0.05, 0.1) is 6.67 Å². The molecular weight excluding hydrogens is 214 g/mol. The maximum absolute atomic E-state index is 12.1. The highest BCUT2D eigenvalue weighted by molar-refractivity contribution is 5.89. The van der Waals surface area contributed by atoms with Crippen molar-refractivity contribution in [3.05, 3.63) is 35.9 Å². The van der Waals surface area contributed by atoms with Gasteiger partial charge in [0.15, 0.2) is 0 Å². The highest BCUT2D eigenvalue weighted by atomic mass is 16.2. The molecule has 1 aromatic rings. The Labute approximate surface area is 101 Å². The smallest absolute Gasteiger partial charge is 0.242 e. The van der Waals surface area contributed by atoms with Crippen LogP contribution in [-0.4, -0.2) is 31.2 Å². The zero-order valence-electron chi connectivity index (χ0n) is 9.70. The number of nitrogens with one attached hydrogen (secondary N) is 3. The second kappa shape index (κ2) is 4.13. The Kier molecular flexibility index (Phi) is 2.61. The largest absolute Gasteiger partial charge is 0.342 e. The Morgan fingerprint density at radius 3 is 2.76 bits per heavy atom. The van der Waals surface area contributed by atoms with Gasteiger partial charge in [-0.3, -0.25) is 10.1 Å². The summed E-state index contributed by atoms with van der Waals surface area (Å²) in [5.41, 5.74) is 0.816. The zero-order valence-corrected chi connectivity index (χ0v) is 9.70. The van der Waals surface area contributed by atoms with Gasteiger partial charge in [-0.1, -0.05) is 30.3 Å². The van der Waals surface area contributed by atoms with Gasteiger partial charge >= 0.3 is 0 Å². The van der Waals surface area contributed by atoms with Crippen LogP contribution in [0, 0.1) is 0 Å². The minimum atomic E-state index is -0.410. The summed E-state index contributed by atoms with van der Waals surface area (Å²) in [5, 5.41) is 9.66. The van der Waals surface area contributed by atoms with Crippen molar-refractivity contribution in [1.82, 2.24) is 16.0 Å². The summed E-state index contributed by atoms with van der Waals surface area (Å²) < 4.78 is 0. The predicted molar refractivity (Wildman–Crippen MR) is 65.5 cm³/mol. The third kappa shape index (κ3) is 1.64. The van der Waals surface area contributed by atoms with Gasteiger partial charge in [-0.15, -0.1) is 0 Å². The first-order valence-corrected chi connectivity index (χ1v) is 6.12. The standard InChI is InChI=1S/C13H17N3O/c17-12-13(16-9-15-12)6-7-14-8-11(13)10-4-2-1-3-5-10/h1-5,11,14,16H,6-9H2,(H,15,17). The van der Waals surface area contributed by atoms with E-state index >= 15 is 0 Å². The Morgan fingerprint density at radius 1 is 1.24 bits per heavy atom. The van der Waals surface area contributed by atoms with Crippen molar-refractivity contribution >= 4 is 5.91 Å².